The molecule has 0 spiro atoms. The number of benzene rings is 2. The molecule has 0 radical (unpaired) electrons. The van der Waals surface area contributed by atoms with Gasteiger partial charge >= 0.3 is 103 Å². The van der Waals surface area contributed by atoms with Crippen LogP contribution in [-0.2, 0) is 30.1 Å². The van der Waals surface area contributed by atoms with Gasteiger partial charge in [0.1, 0.15) is 40.7 Å². The van der Waals surface area contributed by atoms with Crippen molar-refractivity contribution >= 4 is 30.1 Å². The molecule has 0 unspecified atom stereocenters. The van der Waals surface area contributed by atoms with E-state index in [1.165, 1.54) is 12.1 Å². The molecule has 2 rings (SSSR count). The van der Waals surface area contributed by atoms with Crippen LogP contribution in [0, 0.1) is 6.92 Å². The molecular formula is C13H10K2O10S3. The first-order valence-corrected chi connectivity index (χ1v) is 10.8. The molecule has 0 saturated heterocycles. The third kappa shape index (κ3) is 6.07. The maximum absolute atomic E-state index is 12.6. The monoisotopic (exact) mass is 500 g/mol. The Balaban J connectivity index is 0.00000364. The first kappa shape index (κ1) is 29.1. The Kier molecular flexibility index (Phi) is 10.5. The molecule has 0 fully saturated rings. The molecule has 0 aliphatic carbocycles. The van der Waals surface area contributed by atoms with Crippen LogP contribution in [-0.4, -0.2) is 44.6 Å². The first-order chi connectivity index (χ1) is 11.7. The average Bonchev–Trinajstić information content (AvgIpc) is 2.46. The zero-order valence-electron chi connectivity index (χ0n) is 14.8. The van der Waals surface area contributed by atoms with E-state index in [1.54, 1.807) is 6.92 Å². The molecule has 142 valence electrons. The maximum Gasteiger partial charge on any atom is 1.00 e. The van der Waals surface area contributed by atoms with Crippen LogP contribution in [0.15, 0.2) is 49.9 Å². The summed E-state index contributed by atoms with van der Waals surface area (Å²) >= 11 is 0. The van der Waals surface area contributed by atoms with Crippen LogP contribution in [0.2, 0.25) is 0 Å². The second-order valence-corrected chi connectivity index (χ2v) is 9.68. The van der Waals surface area contributed by atoms with E-state index in [-0.39, 0.29) is 109 Å². The summed E-state index contributed by atoms with van der Waals surface area (Å²) in [6, 6.07) is 4.83. The maximum atomic E-state index is 12.6. The van der Waals surface area contributed by atoms with Gasteiger partial charge in [-0.2, -0.15) is 0 Å². The number of phenolic OH excluding ortho intramolecular Hbond substituents is 2. The number of hydrogen-bond acceptors (Lipinski definition) is 10. The summed E-state index contributed by atoms with van der Waals surface area (Å²) in [6.07, 6.45) is 0. The molecule has 0 saturated carbocycles. The molecule has 10 nitrogen and oxygen atoms in total. The summed E-state index contributed by atoms with van der Waals surface area (Å²) in [5.41, 5.74) is 0.639. The molecule has 0 aliphatic rings. The third-order valence-corrected chi connectivity index (χ3v) is 6.99. The van der Waals surface area contributed by atoms with Crippen molar-refractivity contribution in [1.82, 2.24) is 0 Å². The van der Waals surface area contributed by atoms with Crippen molar-refractivity contribution in [2.75, 3.05) is 0 Å². The van der Waals surface area contributed by atoms with Gasteiger partial charge in [-0.25, -0.2) is 25.3 Å². The molecule has 15 heteroatoms. The molecule has 28 heavy (non-hydrogen) atoms. The summed E-state index contributed by atoms with van der Waals surface area (Å²) in [4.78, 5) is -5.64. The minimum atomic E-state index is -5.81. The Morgan fingerprint density at radius 3 is 1.64 bits per heavy atom. The number of hydrogen-bond donors (Lipinski definition) is 2. The zero-order chi connectivity index (χ0) is 20.1. The quantitative estimate of drug-likeness (QED) is 0.232. The smallest absolute Gasteiger partial charge is 0.744 e. The van der Waals surface area contributed by atoms with Crippen LogP contribution in [0.25, 0.3) is 0 Å². The largest absolute Gasteiger partial charge is 1.00 e. The summed E-state index contributed by atoms with van der Waals surface area (Å²) in [7, 11) is -16.2. The Morgan fingerprint density at radius 1 is 0.786 bits per heavy atom. The van der Waals surface area contributed by atoms with Gasteiger partial charge in [-0.15, -0.1) is 0 Å². The van der Waals surface area contributed by atoms with Crippen molar-refractivity contribution in [2.45, 2.75) is 26.5 Å². The van der Waals surface area contributed by atoms with Crippen molar-refractivity contribution in [1.29, 1.82) is 0 Å². The molecule has 0 aromatic heterocycles. The molecule has 2 N–H and O–H groups in total. The zero-order valence-corrected chi connectivity index (χ0v) is 23.5. The van der Waals surface area contributed by atoms with Crippen LogP contribution < -0.4 is 103 Å². The SMILES string of the molecule is Cc1ccc(S(=O)(=O)c2c(O)cc(S(=O)(=O)[O-])c(O)c2S(=O)(=O)[O-])cc1.[K+].[K+]. The molecule has 0 heterocycles. The predicted octanol–water partition coefficient (Wildman–Crippen LogP) is -5.94. The van der Waals surface area contributed by atoms with Crippen molar-refractivity contribution in [2.24, 2.45) is 0 Å². The van der Waals surface area contributed by atoms with E-state index in [0.717, 1.165) is 12.1 Å². The van der Waals surface area contributed by atoms with E-state index in [9.17, 15) is 44.6 Å². The first-order valence-electron chi connectivity index (χ1n) is 6.50. The Hall–Kier alpha value is 1.08. The molecule has 0 amide bonds. The number of sulfone groups is 1. The van der Waals surface area contributed by atoms with E-state index in [1.807, 2.05) is 0 Å². The average molecular weight is 501 g/mol. The topological polar surface area (TPSA) is 189 Å². The van der Waals surface area contributed by atoms with Crippen LogP contribution in [0.3, 0.4) is 0 Å². The van der Waals surface area contributed by atoms with Gasteiger partial charge in [0.25, 0.3) is 0 Å². The van der Waals surface area contributed by atoms with Gasteiger partial charge < -0.3 is 19.3 Å². The fourth-order valence-electron chi connectivity index (χ4n) is 2.11. The predicted molar refractivity (Wildman–Crippen MR) is 82.3 cm³/mol. The molecule has 2 aromatic rings. The Bertz CT molecular complexity index is 1200. The van der Waals surface area contributed by atoms with Gasteiger partial charge in [-0.05, 0) is 19.1 Å². The minimum Gasteiger partial charge on any atom is -0.744 e. The van der Waals surface area contributed by atoms with E-state index >= 15 is 0 Å². The second-order valence-electron chi connectivity index (χ2n) is 5.13. The number of aromatic hydroxyl groups is 2. The molecular weight excluding hydrogens is 491 g/mol. The molecule has 0 aliphatic heterocycles. The summed E-state index contributed by atoms with van der Waals surface area (Å²) < 4.78 is 92.9. The van der Waals surface area contributed by atoms with Crippen LogP contribution in [0.4, 0.5) is 0 Å². The molecule has 0 bridgehead atoms. The van der Waals surface area contributed by atoms with Crippen molar-refractivity contribution in [3.05, 3.63) is 35.9 Å². The van der Waals surface area contributed by atoms with Crippen molar-refractivity contribution < 1.29 is 147 Å². The van der Waals surface area contributed by atoms with Crippen LogP contribution >= 0.6 is 0 Å². The Labute approximate surface area is 246 Å². The minimum absolute atomic E-state index is 0. The van der Waals surface area contributed by atoms with Gasteiger partial charge in [-0.1, -0.05) is 17.7 Å². The van der Waals surface area contributed by atoms with Crippen LogP contribution in [0.5, 0.6) is 11.5 Å². The van der Waals surface area contributed by atoms with E-state index in [0.29, 0.717) is 5.56 Å². The van der Waals surface area contributed by atoms with Gasteiger partial charge in [0, 0.05) is 6.07 Å². The van der Waals surface area contributed by atoms with Gasteiger partial charge in [0.2, 0.25) is 9.84 Å². The van der Waals surface area contributed by atoms with Gasteiger partial charge in [-0.3, -0.25) is 0 Å². The fourth-order valence-corrected chi connectivity index (χ4v) is 5.49. The van der Waals surface area contributed by atoms with Gasteiger partial charge in [0.05, 0.1) is 4.90 Å². The standard InChI is InChI=1S/C13H12O10S3.2K/c1-7-2-4-8(5-3-7)24(16,17)12-9(14)6-10(25(18,19)20)11(15)13(12)26(21,22)23;;/h2-6,14-15H,1H3,(H,18,19,20)(H,21,22,23);;/q;2*+1/p-2. The number of aryl methyl sites for hydroxylation is 1. The summed E-state index contributed by atoms with van der Waals surface area (Å²) in [6.45, 7) is 1.63. The van der Waals surface area contributed by atoms with E-state index in [2.05, 4.69) is 0 Å². The summed E-state index contributed by atoms with van der Waals surface area (Å²) in [5.74, 6) is -3.37. The van der Waals surface area contributed by atoms with Crippen molar-refractivity contribution in [3.63, 3.8) is 0 Å². The fraction of sp³-hybridized carbons (Fsp3) is 0.0769. The molecule has 2 aromatic carbocycles. The van der Waals surface area contributed by atoms with Crippen molar-refractivity contribution in [3.8, 4) is 11.5 Å². The second kappa shape index (κ2) is 10.1. The number of phenols is 2. The molecule has 0 atom stereocenters. The number of rotatable bonds is 4. The normalized spacial score (nSPS) is 12.0. The summed E-state index contributed by atoms with van der Waals surface area (Å²) in [5, 5.41) is 19.7. The van der Waals surface area contributed by atoms with Crippen LogP contribution in [0.1, 0.15) is 5.56 Å². The Morgan fingerprint density at radius 2 is 1.25 bits per heavy atom. The van der Waals surface area contributed by atoms with E-state index < -0.39 is 61.2 Å². The van der Waals surface area contributed by atoms with Gasteiger partial charge in [0.15, 0.2) is 5.75 Å². The van der Waals surface area contributed by atoms with E-state index in [4.69, 9.17) is 0 Å². The third-order valence-electron chi connectivity index (χ3n) is 3.27.